The number of aliphatic hydroxyl groups is 1. The molecule has 0 heterocycles. The molecule has 4 nitrogen and oxygen atoms in total. The molecule has 108 valence electrons. The van der Waals surface area contributed by atoms with Crippen molar-refractivity contribution < 1.29 is 14.6 Å². The van der Waals surface area contributed by atoms with Crippen LogP contribution in [0.4, 0.5) is 5.69 Å². The Morgan fingerprint density at radius 3 is 2.75 bits per heavy atom. The second kappa shape index (κ2) is 10.0. The predicted molar refractivity (Wildman–Crippen MR) is 79.4 cm³/mol. The number of aliphatic hydroxyl groups excluding tert-OH is 1. The van der Waals surface area contributed by atoms with E-state index < -0.39 is 0 Å². The van der Waals surface area contributed by atoms with Crippen molar-refractivity contribution in [1.29, 1.82) is 0 Å². The van der Waals surface area contributed by atoms with Crippen LogP contribution in [-0.4, -0.2) is 30.8 Å². The van der Waals surface area contributed by atoms with Crippen LogP contribution >= 0.6 is 0 Å². The van der Waals surface area contributed by atoms with E-state index in [0.717, 1.165) is 17.7 Å². The summed E-state index contributed by atoms with van der Waals surface area (Å²) in [6, 6.07) is 7.34. The number of amides is 1. The lowest BCUT2D eigenvalue weighted by Gasteiger charge is -2.05. The molecule has 0 aliphatic carbocycles. The van der Waals surface area contributed by atoms with Crippen LogP contribution in [0.15, 0.2) is 24.3 Å². The molecule has 0 aromatic heterocycles. The fourth-order valence-corrected chi connectivity index (χ4v) is 1.56. The van der Waals surface area contributed by atoms with Gasteiger partial charge < -0.3 is 15.2 Å². The highest BCUT2D eigenvalue weighted by Crippen LogP contribution is 2.09. The summed E-state index contributed by atoms with van der Waals surface area (Å²) >= 11 is 0. The second-order valence-electron chi connectivity index (χ2n) is 4.20. The van der Waals surface area contributed by atoms with Crippen LogP contribution in [-0.2, 0) is 9.53 Å². The van der Waals surface area contributed by atoms with E-state index >= 15 is 0 Å². The quantitative estimate of drug-likeness (QED) is 0.592. The van der Waals surface area contributed by atoms with Gasteiger partial charge in [0.15, 0.2) is 0 Å². The highest BCUT2D eigenvalue weighted by molar-refractivity contribution is 5.90. The molecule has 0 atom stereocenters. The Morgan fingerprint density at radius 1 is 1.35 bits per heavy atom. The first-order chi connectivity index (χ1) is 9.76. The van der Waals surface area contributed by atoms with E-state index in [1.807, 2.05) is 31.2 Å². The maximum atomic E-state index is 11.6. The van der Waals surface area contributed by atoms with Gasteiger partial charge in [-0.05, 0) is 37.6 Å². The van der Waals surface area contributed by atoms with Gasteiger partial charge in [0.25, 0.3) is 0 Å². The Morgan fingerprint density at radius 2 is 2.10 bits per heavy atom. The summed E-state index contributed by atoms with van der Waals surface area (Å²) in [4.78, 5) is 11.6. The number of ether oxygens (including phenoxy) is 1. The fourth-order valence-electron chi connectivity index (χ4n) is 1.56. The molecule has 0 saturated heterocycles. The van der Waals surface area contributed by atoms with Crippen molar-refractivity contribution in [2.75, 3.05) is 25.1 Å². The summed E-state index contributed by atoms with van der Waals surface area (Å²) in [5.41, 5.74) is 1.63. The molecular formula is C16H21NO3. The van der Waals surface area contributed by atoms with Crippen LogP contribution in [0.3, 0.4) is 0 Å². The van der Waals surface area contributed by atoms with Crippen LogP contribution in [0.2, 0.25) is 0 Å². The average molecular weight is 275 g/mol. The third-order valence-electron chi connectivity index (χ3n) is 2.53. The lowest BCUT2D eigenvalue weighted by Crippen LogP contribution is -2.12. The minimum Gasteiger partial charge on any atom is -0.395 e. The van der Waals surface area contributed by atoms with Gasteiger partial charge in [0.2, 0.25) is 5.91 Å². The molecule has 1 aromatic carbocycles. The number of carbonyl (C=O) groups is 1. The van der Waals surface area contributed by atoms with Crippen molar-refractivity contribution in [3.8, 4) is 11.8 Å². The Hall–Kier alpha value is -1.83. The summed E-state index contributed by atoms with van der Waals surface area (Å²) in [6.07, 6.45) is 1.65. The molecule has 0 spiro atoms. The molecule has 0 bridgehead atoms. The Bertz CT molecular complexity index is 457. The highest BCUT2D eigenvalue weighted by atomic mass is 16.5. The molecule has 0 saturated carbocycles. The molecule has 0 aliphatic heterocycles. The molecule has 4 heteroatoms. The molecule has 1 amide bonds. The van der Waals surface area contributed by atoms with Crippen molar-refractivity contribution in [3.63, 3.8) is 0 Å². The van der Waals surface area contributed by atoms with E-state index in [9.17, 15) is 4.79 Å². The molecule has 2 N–H and O–H groups in total. The van der Waals surface area contributed by atoms with Gasteiger partial charge in [-0.25, -0.2) is 0 Å². The van der Waals surface area contributed by atoms with E-state index in [1.54, 1.807) is 0 Å². The number of rotatable bonds is 7. The van der Waals surface area contributed by atoms with E-state index in [0.29, 0.717) is 26.1 Å². The molecule has 0 radical (unpaired) electrons. The van der Waals surface area contributed by atoms with E-state index in [2.05, 4.69) is 17.2 Å². The minimum atomic E-state index is -0.0104. The zero-order chi connectivity index (χ0) is 14.6. The second-order valence-corrected chi connectivity index (χ2v) is 4.20. The lowest BCUT2D eigenvalue weighted by molar-refractivity contribution is -0.116. The number of hydrogen-bond donors (Lipinski definition) is 2. The first-order valence-corrected chi connectivity index (χ1v) is 6.83. The molecular weight excluding hydrogens is 254 g/mol. The fraction of sp³-hybridized carbons (Fsp3) is 0.438. The van der Waals surface area contributed by atoms with Crippen molar-refractivity contribution >= 4 is 11.6 Å². The summed E-state index contributed by atoms with van der Waals surface area (Å²) in [7, 11) is 0. The van der Waals surface area contributed by atoms with Crippen LogP contribution in [0.1, 0.15) is 31.7 Å². The molecule has 0 unspecified atom stereocenters. The van der Waals surface area contributed by atoms with Gasteiger partial charge in [-0.3, -0.25) is 4.79 Å². The van der Waals surface area contributed by atoms with Crippen LogP contribution in [0, 0.1) is 11.8 Å². The molecule has 1 rings (SSSR count). The number of nitrogens with one attached hydrogen (secondary N) is 1. The smallest absolute Gasteiger partial charge is 0.224 e. The lowest BCUT2D eigenvalue weighted by atomic mass is 10.2. The highest BCUT2D eigenvalue weighted by Gasteiger charge is 2.01. The van der Waals surface area contributed by atoms with Gasteiger partial charge in [-0.1, -0.05) is 11.8 Å². The number of carbonyl (C=O) groups excluding carboxylic acids is 1. The van der Waals surface area contributed by atoms with Gasteiger partial charge in [0.1, 0.15) is 0 Å². The Kier molecular flexibility index (Phi) is 8.13. The van der Waals surface area contributed by atoms with Crippen LogP contribution < -0.4 is 5.32 Å². The SMILES string of the molecule is CCOCCCC(=O)Nc1ccc(C#CCCO)cc1. The van der Waals surface area contributed by atoms with Crippen molar-refractivity contribution in [2.45, 2.75) is 26.2 Å². The van der Waals surface area contributed by atoms with Gasteiger partial charge in [0, 0.05) is 37.3 Å². The molecule has 0 fully saturated rings. The number of benzene rings is 1. The Labute approximate surface area is 120 Å². The molecule has 20 heavy (non-hydrogen) atoms. The van der Waals surface area contributed by atoms with Gasteiger partial charge >= 0.3 is 0 Å². The Balaban J connectivity index is 2.37. The average Bonchev–Trinajstić information content (AvgIpc) is 2.46. The third kappa shape index (κ3) is 6.93. The van der Waals surface area contributed by atoms with Crippen molar-refractivity contribution in [2.24, 2.45) is 0 Å². The normalized spacial score (nSPS) is 9.70. The predicted octanol–water partition coefficient (Wildman–Crippen LogP) is 2.18. The number of anilines is 1. The topological polar surface area (TPSA) is 58.6 Å². The largest absolute Gasteiger partial charge is 0.395 e. The first kappa shape index (κ1) is 16.2. The molecule has 0 aliphatic rings. The third-order valence-corrected chi connectivity index (χ3v) is 2.53. The maximum absolute atomic E-state index is 11.6. The van der Waals surface area contributed by atoms with E-state index in [1.165, 1.54) is 0 Å². The van der Waals surface area contributed by atoms with E-state index in [4.69, 9.17) is 9.84 Å². The van der Waals surface area contributed by atoms with E-state index in [-0.39, 0.29) is 12.5 Å². The summed E-state index contributed by atoms with van der Waals surface area (Å²) < 4.78 is 5.18. The van der Waals surface area contributed by atoms with Crippen molar-refractivity contribution in [1.82, 2.24) is 0 Å². The van der Waals surface area contributed by atoms with Gasteiger partial charge in [0.05, 0.1) is 6.61 Å². The van der Waals surface area contributed by atoms with Crippen LogP contribution in [0.5, 0.6) is 0 Å². The van der Waals surface area contributed by atoms with Crippen LogP contribution in [0.25, 0.3) is 0 Å². The zero-order valence-corrected chi connectivity index (χ0v) is 11.8. The zero-order valence-electron chi connectivity index (χ0n) is 11.8. The standard InChI is InChI=1S/C16H21NO3/c1-2-20-13-5-7-16(19)17-15-10-8-14(9-11-15)6-3-4-12-18/h8-11,18H,2,4-5,7,12-13H2,1H3,(H,17,19). The maximum Gasteiger partial charge on any atom is 0.224 e. The minimum absolute atomic E-state index is 0.0104. The van der Waals surface area contributed by atoms with Crippen molar-refractivity contribution in [3.05, 3.63) is 29.8 Å². The van der Waals surface area contributed by atoms with Gasteiger partial charge in [-0.15, -0.1) is 0 Å². The number of hydrogen-bond acceptors (Lipinski definition) is 3. The van der Waals surface area contributed by atoms with Gasteiger partial charge in [-0.2, -0.15) is 0 Å². The first-order valence-electron chi connectivity index (χ1n) is 6.83. The summed E-state index contributed by atoms with van der Waals surface area (Å²) in [5, 5.41) is 11.5. The summed E-state index contributed by atoms with van der Waals surface area (Å²) in [6.45, 7) is 3.30. The molecule has 1 aromatic rings. The monoisotopic (exact) mass is 275 g/mol. The summed E-state index contributed by atoms with van der Waals surface area (Å²) in [5.74, 6) is 5.78.